The molecule has 0 atom stereocenters. The summed E-state index contributed by atoms with van der Waals surface area (Å²) in [6.07, 6.45) is -7.63. The highest BCUT2D eigenvalue weighted by molar-refractivity contribution is 5.80. The molecule has 5 rings (SSSR count). The Hall–Kier alpha value is -3.85. The van der Waals surface area contributed by atoms with Crippen LogP contribution in [-0.2, 0) is 35.0 Å². The molecule has 0 aliphatic carbocycles. The number of amides is 4. The fourth-order valence-electron chi connectivity index (χ4n) is 6.46. The highest BCUT2D eigenvalue weighted by Gasteiger charge is 2.32. The quantitative estimate of drug-likeness (QED) is 0.340. The highest BCUT2D eigenvalue weighted by atomic mass is 19.4. The van der Waals surface area contributed by atoms with Crippen molar-refractivity contribution in [2.24, 2.45) is 0 Å². The third-order valence-corrected chi connectivity index (χ3v) is 9.41. The van der Waals surface area contributed by atoms with Crippen LogP contribution in [0, 0.1) is 0 Å². The Morgan fingerprint density at radius 1 is 0.531 bits per heavy atom. The van der Waals surface area contributed by atoms with Crippen molar-refractivity contribution in [3.8, 4) is 0 Å². The largest absolute Gasteiger partial charge is 0.416 e. The molecule has 0 N–H and O–H groups in total. The predicted octanol–water partition coefficient (Wildman–Crippen LogP) is 4.62. The van der Waals surface area contributed by atoms with E-state index in [1.807, 2.05) is 0 Å². The zero-order chi connectivity index (χ0) is 35.2. The summed E-state index contributed by atoms with van der Waals surface area (Å²) >= 11 is 0. The van der Waals surface area contributed by atoms with E-state index in [2.05, 4.69) is 9.80 Å². The van der Waals surface area contributed by atoms with Gasteiger partial charge in [-0.05, 0) is 41.8 Å². The third kappa shape index (κ3) is 10.1. The van der Waals surface area contributed by atoms with Crippen LogP contribution < -0.4 is 0 Å². The van der Waals surface area contributed by atoms with Gasteiger partial charge in [-0.15, -0.1) is 0 Å². The summed E-state index contributed by atoms with van der Waals surface area (Å²) in [6.45, 7) is 7.09. The predicted molar refractivity (Wildman–Crippen MR) is 169 cm³/mol. The minimum absolute atomic E-state index is 0.0493. The second-order valence-corrected chi connectivity index (χ2v) is 12.8. The number of rotatable bonds is 10. The van der Waals surface area contributed by atoms with E-state index < -0.39 is 23.5 Å². The minimum Gasteiger partial charge on any atom is -0.340 e. The van der Waals surface area contributed by atoms with Gasteiger partial charge >= 0.3 is 18.4 Å². The smallest absolute Gasteiger partial charge is 0.340 e. The van der Waals surface area contributed by atoms with Gasteiger partial charge in [0.2, 0.25) is 11.8 Å². The standard InChI is InChI=1S/C34H42F6N6O3/c35-33(36,37)28-6-2-26(3-7-28)24-41-16-20-43(21-17-41)30(47)10-14-45-12-1-13-46(32(45)49)15-11-31(48)44-22-18-42(19-23-44)25-27-4-8-29(9-5-27)34(38,39)40/h2-9H,1,10-25H2. The van der Waals surface area contributed by atoms with E-state index in [1.165, 1.54) is 24.3 Å². The number of carbonyl (C=O) groups is 3. The van der Waals surface area contributed by atoms with Crippen molar-refractivity contribution >= 4 is 17.8 Å². The van der Waals surface area contributed by atoms with E-state index in [0.717, 1.165) is 41.8 Å². The van der Waals surface area contributed by atoms with E-state index >= 15 is 0 Å². The normalized spacial score (nSPS) is 18.7. The molecule has 0 spiro atoms. The third-order valence-electron chi connectivity index (χ3n) is 9.41. The summed E-state index contributed by atoms with van der Waals surface area (Å²) in [5, 5.41) is 0. The van der Waals surface area contributed by atoms with Gasteiger partial charge in [0.15, 0.2) is 0 Å². The second-order valence-electron chi connectivity index (χ2n) is 12.8. The van der Waals surface area contributed by atoms with Crippen molar-refractivity contribution in [1.29, 1.82) is 0 Å². The van der Waals surface area contributed by atoms with Gasteiger partial charge in [-0.2, -0.15) is 26.3 Å². The van der Waals surface area contributed by atoms with Crippen LogP contribution in [0.5, 0.6) is 0 Å². The maximum absolute atomic E-state index is 13.2. The zero-order valence-corrected chi connectivity index (χ0v) is 27.3. The molecule has 0 aromatic heterocycles. The van der Waals surface area contributed by atoms with Crippen molar-refractivity contribution in [2.75, 3.05) is 78.5 Å². The maximum Gasteiger partial charge on any atom is 0.416 e. The van der Waals surface area contributed by atoms with Gasteiger partial charge in [-0.1, -0.05) is 24.3 Å². The average Bonchev–Trinajstić information content (AvgIpc) is 3.07. The Bertz CT molecular complexity index is 1310. The molecule has 3 saturated heterocycles. The lowest BCUT2D eigenvalue weighted by Crippen LogP contribution is -2.52. The number of benzene rings is 2. The summed E-state index contributed by atoms with van der Waals surface area (Å²) in [4.78, 5) is 50.1. The second kappa shape index (κ2) is 15.8. The topological polar surface area (TPSA) is 70.7 Å². The maximum atomic E-state index is 13.2. The molecule has 268 valence electrons. The number of alkyl halides is 6. The van der Waals surface area contributed by atoms with Crippen LogP contribution in [-0.4, -0.2) is 126 Å². The first-order valence-electron chi connectivity index (χ1n) is 16.6. The number of nitrogens with zero attached hydrogens (tertiary/aromatic N) is 6. The van der Waals surface area contributed by atoms with Gasteiger partial charge in [-0.25, -0.2) is 4.79 Å². The molecular formula is C34H42F6N6O3. The molecule has 0 bridgehead atoms. The number of hydrogen-bond acceptors (Lipinski definition) is 5. The molecule has 15 heteroatoms. The number of halogens is 6. The molecule has 49 heavy (non-hydrogen) atoms. The Balaban J connectivity index is 0.978. The Labute approximate surface area is 282 Å². The summed E-state index contributed by atoms with van der Waals surface area (Å²) in [5.41, 5.74) is 0.197. The van der Waals surface area contributed by atoms with Crippen LogP contribution in [0.1, 0.15) is 41.5 Å². The van der Waals surface area contributed by atoms with Gasteiger partial charge in [-0.3, -0.25) is 19.4 Å². The van der Waals surface area contributed by atoms with Crippen LogP contribution in [0.3, 0.4) is 0 Å². The molecular weight excluding hydrogens is 654 g/mol. The van der Waals surface area contributed by atoms with Crippen molar-refractivity contribution in [1.82, 2.24) is 29.4 Å². The number of carbonyl (C=O) groups excluding carboxylic acids is 3. The van der Waals surface area contributed by atoms with Crippen LogP contribution >= 0.6 is 0 Å². The number of piperazine rings is 2. The van der Waals surface area contributed by atoms with E-state index in [4.69, 9.17) is 0 Å². The molecule has 0 radical (unpaired) electrons. The van der Waals surface area contributed by atoms with Gasteiger partial charge in [0.25, 0.3) is 0 Å². The first kappa shape index (κ1) is 36.4. The fourth-order valence-corrected chi connectivity index (χ4v) is 6.46. The number of hydrogen-bond donors (Lipinski definition) is 0. The number of urea groups is 1. The molecule has 2 aromatic rings. The Kier molecular flexibility index (Phi) is 11.7. The monoisotopic (exact) mass is 696 g/mol. The Morgan fingerprint density at radius 2 is 0.878 bits per heavy atom. The van der Waals surface area contributed by atoms with Gasteiger partial charge in [0.05, 0.1) is 11.1 Å². The molecule has 0 saturated carbocycles. The van der Waals surface area contributed by atoms with Crippen molar-refractivity contribution in [2.45, 2.75) is 44.7 Å². The molecule has 2 aromatic carbocycles. The van der Waals surface area contributed by atoms with E-state index in [0.29, 0.717) is 78.5 Å². The lowest BCUT2D eigenvalue weighted by atomic mass is 10.1. The van der Waals surface area contributed by atoms with Crippen molar-refractivity contribution < 1.29 is 40.7 Å². The van der Waals surface area contributed by atoms with Crippen LogP contribution in [0.15, 0.2) is 48.5 Å². The van der Waals surface area contributed by atoms with Crippen molar-refractivity contribution in [3.63, 3.8) is 0 Å². The van der Waals surface area contributed by atoms with Gasteiger partial charge in [0.1, 0.15) is 0 Å². The molecule has 3 fully saturated rings. The molecule has 3 heterocycles. The lowest BCUT2D eigenvalue weighted by molar-refractivity contribution is -0.138. The highest BCUT2D eigenvalue weighted by Crippen LogP contribution is 2.30. The first-order valence-corrected chi connectivity index (χ1v) is 16.6. The van der Waals surface area contributed by atoms with Gasteiger partial charge < -0.3 is 19.6 Å². The molecule has 0 unspecified atom stereocenters. The lowest BCUT2D eigenvalue weighted by Gasteiger charge is -2.38. The fraction of sp³-hybridized carbons (Fsp3) is 0.559. The molecule has 9 nitrogen and oxygen atoms in total. The zero-order valence-electron chi connectivity index (χ0n) is 27.3. The van der Waals surface area contributed by atoms with E-state index in [1.54, 1.807) is 19.6 Å². The van der Waals surface area contributed by atoms with Gasteiger partial charge in [0, 0.05) is 104 Å². The summed E-state index contributed by atoms with van der Waals surface area (Å²) in [5.74, 6) is -0.0986. The summed E-state index contributed by atoms with van der Waals surface area (Å²) in [7, 11) is 0. The van der Waals surface area contributed by atoms with Crippen LogP contribution in [0.4, 0.5) is 31.1 Å². The first-order chi connectivity index (χ1) is 23.3. The van der Waals surface area contributed by atoms with Crippen LogP contribution in [0.25, 0.3) is 0 Å². The summed E-state index contributed by atoms with van der Waals surface area (Å²) in [6, 6.07) is 10.1. The SMILES string of the molecule is O=C(CCN1CCCN(CCC(=O)N2CCN(Cc3ccc(C(F)(F)F)cc3)CC2)C1=O)N1CCN(Cc2ccc(C(F)(F)F)cc2)CC1. The Morgan fingerprint density at radius 3 is 1.20 bits per heavy atom. The van der Waals surface area contributed by atoms with E-state index in [-0.39, 0.29) is 43.8 Å². The average molecular weight is 697 g/mol. The van der Waals surface area contributed by atoms with E-state index in [9.17, 15) is 40.7 Å². The molecule has 3 aliphatic rings. The van der Waals surface area contributed by atoms with Crippen LogP contribution in [0.2, 0.25) is 0 Å². The molecule has 3 aliphatic heterocycles. The van der Waals surface area contributed by atoms with Crippen molar-refractivity contribution in [3.05, 3.63) is 70.8 Å². The minimum atomic E-state index is -4.37. The molecule has 4 amide bonds. The summed E-state index contributed by atoms with van der Waals surface area (Å²) < 4.78 is 77.0.